The topological polar surface area (TPSA) is 71.7 Å². The normalized spacial score (nSPS) is 15.1. The second kappa shape index (κ2) is 6.10. The summed E-state index contributed by atoms with van der Waals surface area (Å²) < 4.78 is 10.4. The van der Waals surface area contributed by atoms with E-state index in [2.05, 4.69) is 5.32 Å². The number of rotatable bonds is 4. The van der Waals surface area contributed by atoms with Gasteiger partial charge in [-0.1, -0.05) is 13.8 Å². The molecule has 0 aliphatic heterocycles. The molecule has 1 heterocycles. The number of hydrogen-bond donors (Lipinski definition) is 2. The van der Waals surface area contributed by atoms with Crippen LogP contribution in [0.4, 0.5) is 4.79 Å². The number of aliphatic hydroxyl groups excluding tert-OH is 1. The first-order chi connectivity index (χ1) is 8.70. The molecule has 2 N–H and O–H groups in total. The molecule has 0 aliphatic carbocycles. The van der Waals surface area contributed by atoms with Gasteiger partial charge in [0.05, 0.1) is 12.3 Å². The first-order valence-corrected chi connectivity index (χ1v) is 6.41. The number of hydrogen-bond acceptors (Lipinski definition) is 4. The van der Waals surface area contributed by atoms with E-state index in [9.17, 15) is 9.90 Å². The van der Waals surface area contributed by atoms with Gasteiger partial charge in [0.1, 0.15) is 17.5 Å². The zero-order valence-corrected chi connectivity index (χ0v) is 12.1. The van der Waals surface area contributed by atoms with Crippen molar-refractivity contribution in [3.8, 4) is 0 Å². The van der Waals surface area contributed by atoms with E-state index < -0.39 is 23.8 Å². The van der Waals surface area contributed by atoms with Crippen LogP contribution < -0.4 is 5.32 Å². The molecule has 0 saturated carbocycles. The number of alkyl carbamates (subject to hydrolysis) is 1. The molecule has 1 rings (SSSR count). The Morgan fingerprint density at radius 1 is 1.42 bits per heavy atom. The molecular formula is C14H23NO4. The van der Waals surface area contributed by atoms with Crippen molar-refractivity contribution in [1.29, 1.82) is 0 Å². The number of carbonyl (C=O) groups excluding carboxylic acids is 1. The Labute approximate surface area is 113 Å². The Morgan fingerprint density at radius 2 is 2.05 bits per heavy atom. The first kappa shape index (κ1) is 15.6. The van der Waals surface area contributed by atoms with E-state index in [1.807, 2.05) is 13.8 Å². The van der Waals surface area contributed by atoms with Crippen LogP contribution in [0.25, 0.3) is 0 Å². The van der Waals surface area contributed by atoms with Crippen molar-refractivity contribution in [3.05, 3.63) is 24.2 Å². The largest absolute Gasteiger partial charge is 0.467 e. The smallest absolute Gasteiger partial charge is 0.407 e. The van der Waals surface area contributed by atoms with Crippen molar-refractivity contribution in [2.45, 2.75) is 52.4 Å². The van der Waals surface area contributed by atoms with Gasteiger partial charge in [-0.25, -0.2) is 4.79 Å². The number of amides is 1. The predicted molar refractivity (Wildman–Crippen MR) is 71.7 cm³/mol. The summed E-state index contributed by atoms with van der Waals surface area (Å²) in [6.07, 6.45) is 0.0444. The molecule has 2 atom stereocenters. The van der Waals surface area contributed by atoms with Crippen molar-refractivity contribution < 1.29 is 19.1 Å². The third-order valence-corrected chi connectivity index (χ3v) is 2.58. The lowest BCUT2D eigenvalue weighted by Gasteiger charge is -2.28. The molecule has 0 fully saturated rings. The van der Waals surface area contributed by atoms with Crippen LogP contribution in [0.2, 0.25) is 0 Å². The number of carbonyl (C=O) groups is 1. The summed E-state index contributed by atoms with van der Waals surface area (Å²) >= 11 is 0. The quantitative estimate of drug-likeness (QED) is 0.881. The summed E-state index contributed by atoms with van der Waals surface area (Å²) in [4.78, 5) is 11.8. The van der Waals surface area contributed by atoms with Crippen LogP contribution in [0.15, 0.2) is 22.8 Å². The highest BCUT2D eigenvalue weighted by molar-refractivity contribution is 5.68. The number of nitrogens with one attached hydrogen (secondary N) is 1. The summed E-state index contributed by atoms with van der Waals surface area (Å²) in [5.41, 5.74) is -0.568. The molecule has 1 amide bonds. The highest BCUT2D eigenvalue weighted by Crippen LogP contribution is 2.22. The van der Waals surface area contributed by atoms with Gasteiger partial charge in [-0.15, -0.1) is 0 Å². The molecule has 0 aromatic carbocycles. The van der Waals surface area contributed by atoms with E-state index in [0.29, 0.717) is 5.76 Å². The zero-order chi connectivity index (χ0) is 14.6. The monoisotopic (exact) mass is 269 g/mol. The predicted octanol–water partition coefficient (Wildman–Crippen LogP) is 2.86. The Balaban J connectivity index is 2.71. The van der Waals surface area contributed by atoms with E-state index in [1.54, 1.807) is 32.9 Å². The molecule has 1 aromatic heterocycles. The molecule has 0 spiro atoms. The first-order valence-electron chi connectivity index (χ1n) is 6.41. The van der Waals surface area contributed by atoms with Crippen LogP contribution in [0.5, 0.6) is 0 Å². The van der Waals surface area contributed by atoms with Crippen molar-refractivity contribution >= 4 is 6.09 Å². The molecule has 19 heavy (non-hydrogen) atoms. The third kappa shape index (κ3) is 4.95. The minimum atomic E-state index is -0.900. The fourth-order valence-electron chi connectivity index (χ4n) is 1.69. The minimum Gasteiger partial charge on any atom is -0.467 e. The van der Waals surface area contributed by atoms with E-state index in [1.165, 1.54) is 6.26 Å². The second-order valence-electron chi connectivity index (χ2n) is 5.88. The van der Waals surface area contributed by atoms with Crippen LogP contribution in [-0.2, 0) is 4.74 Å². The molecular weight excluding hydrogens is 246 g/mol. The lowest BCUT2D eigenvalue weighted by Crippen LogP contribution is -2.45. The van der Waals surface area contributed by atoms with Gasteiger partial charge in [-0.3, -0.25) is 0 Å². The molecule has 5 heteroatoms. The van der Waals surface area contributed by atoms with E-state index in [-0.39, 0.29) is 5.92 Å². The maximum Gasteiger partial charge on any atom is 0.407 e. The SMILES string of the molecule is CC(C)[C@H](NC(=O)OC(C)(C)C)[C@H](O)c1ccco1. The molecule has 1 aromatic rings. The minimum absolute atomic E-state index is 0.0348. The average molecular weight is 269 g/mol. The van der Waals surface area contributed by atoms with Crippen molar-refractivity contribution in [2.24, 2.45) is 5.92 Å². The van der Waals surface area contributed by atoms with Gasteiger partial charge in [-0.2, -0.15) is 0 Å². The van der Waals surface area contributed by atoms with Crippen LogP contribution in [-0.4, -0.2) is 22.8 Å². The van der Waals surface area contributed by atoms with Crippen LogP contribution in [0, 0.1) is 5.92 Å². The van der Waals surface area contributed by atoms with Gasteiger partial charge in [0, 0.05) is 0 Å². The highest BCUT2D eigenvalue weighted by Gasteiger charge is 2.29. The Hall–Kier alpha value is -1.49. The molecule has 0 radical (unpaired) electrons. The van der Waals surface area contributed by atoms with Gasteiger partial charge in [-0.05, 0) is 38.8 Å². The summed E-state index contributed by atoms with van der Waals surface area (Å²) in [6.45, 7) is 9.20. The lowest BCUT2D eigenvalue weighted by molar-refractivity contribution is 0.0339. The fraction of sp³-hybridized carbons (Fsp3) is 0.643. The van der Waals surface area contributed by atoms with Crippen molar-refractivity contribution in [3.63, 3.8) is 0 Å². The van der Waals surface area contributed by atoms with Crippen LogP contribution >= 0.6 is 0 Å². The maximum atomic E-state index is 11.8. The highest BCUT2D eigenvalue weighted by atomic mass is 16.6. The number of ether oxygens (including phenoxy) is 1. The summed E-state index contributed by atoms with van der Waals surface area (Å²) in [5.74, 6) is 0.461. The molecule has 5 nitrogen and oxygen atoms in total. The van der Waals surface area contributed by atoms with Gasteiger partial charge < -0.3 is 19.6 Å². The van der Waals surface area contributed by atoms with Crippen molar-refractivity contribution in [1.82, 2.24) is 5.32 Å². The van der Waals surface area contributed by atoms with Gasteiger partial charge in [0.2, 0.25) is 0 Å². The van der Waals surface area contributed by atoms with Gasteiger partial charge in [0.25, 0.3) is 0 Å². The molecule has 0 saturated heterocycles. The van der Waals surface area contributed by atoms with Gasteiger partial charge in [0.15, 0.2) is 0 Å². The number of aliphatic hydroxyl groups is 1. The summed E-state index contributed by atoms with van der Waals surface area (Å²) in [7, 11) is 0. The maximum absolute atomic E-state index is 11.8. The van der Waals surface area contributed by atoms with Crippen LogP contribution in [0.3, 0.4) is 0 Å². The Bertz CT molecular complexity index is 392. The Kier molecular flexibility index (Phi) is 5.00. The summed E-state index contributed by atoms with van der Waals surface area (Å²) in [6, 6.07) is 2.90. The second-order valence-corrected chi connectivity index (χ2v) is 5.88. The zero-order valence-electron chi connectivity index (χ0n) is 12.1. The van der Waals surface area contributed by atoms with E-state index in [0.717, 1.165) is 0 Å². The molecule has 0 aliphatic rings. The molecule has 0 unspecified atom stereocenters. The van der Waals surface area contributed by atoms with Gasteiger partial charge >= 0.3 is 6.09 Å². The average Bonchev–Trinajstić information content (AvgIpc) is 2.75. The standard InChI is InChI=1S/C14H23NO4/c1-9(2)11(12(16)10-7-6-8-18-10)15-13(17)19-14(3,4)5/h6-9,11-12,16H,1-5H3,(H,15,17)/t11-,12+/m0/s1. The summed E-state index contributed by atoms with van der Waals surface area (Å²) in [5, 5.41) is 12.9. The van der Waals surface area contributed by atoms with E-state index >= 15 is 0 Å². The molecule has 108 valence electrons. The van der Waals surface area contributed by atoms with Crippen molar-refractivity contribution in [2.75, 3.05) is 0 Å². The Morgan fingerprint density at radius 3 is 2.47 bits per heavy atom. The lowest BCUT2D eigenvalue weighted by atomic mass is 9.97. The third-order valence-electron chi connectivity index (χ3n) is 2.58. The van der Waals surface area contributed by atoms with E-state index in [4.69, 9.17) is 9.15 Å². The fourth-order valence-corrected chi connectivity index (χ4v) is 1.69. The molecule has 0 bridgehead atoms. The van der Waals surface area contributed by atoms with Crippen LogP contribution in [0.1, 0.15) is 46.5 Å². The number of furan rings is 1.